The number of nitrogens with zero attached hydrogens (tertiary/aromatic N) is 5. The summed E-state index contributed by atoms with van der Waals surface area (Å²) in [6, 6.07) is 5.10. The number of hydrazine groups is 1. The molecule has 13 heteroatoms. The molecule has 0 atom stereocenters. The van der Waals surface area contributed by atoms with Crippen LogP contribution in [0, 0.1) is 17.6 Å². The zero-order valence-electron chi connectivity index (χ0n) is 23.1. The van der Waals surface area contributed by atoms with Gasteiger partial charge in [0.25, 0.3) is 0 Å². The van der Waals surface area contributed by atoms with E-state index in [2.05, 4.69) is 20.5 Å². The Balaban J connectivity index is 1.32. The number of benzene rings is 1. The molecule has 3 heterocycles. The van der Waals surface area contributed by atoms with Crippen molar-refractivity contribution in [1.29, 1.82) is 0 Å². The number of rotatable bonds is 8. The van der Waals surface area contributed by atoms with Crippen LogP contribution in [0.4, 0.5) is 20.3 Å². The van der Waals surface area contributed by atoms with Crippen LogP contribution in [0.3, 0.4) is 0 Å². The third-order valence-electron chi connectivity index (χ3n) is 8.03. The molecule has 1 aromatic carbocycles. The van der Waals surface area contributed by atoms with Crippen molar-refractivity contribution in [3.8, 4) is 16.9 Å². The lowest BCUT2D eigenvalue weighted by Crippen LogP contribution is -2.40. The summed E-state index contributed by atoms with van der Waals surface area (Å²) < 4.78 is 43.4. The van der Waals surface area contributed by atoms with Crippen LogP contribution in [0.1, 0.15) is 50.1 Å². The van der Waals surface area contributed by atoms with Crippen LogP contribution in [-0.4, -0.2) is 53.5 Å². The molecule has 0 unspecified atom stereocenters. The SMILES string of the molecule is CNC1CCC(COc2ccc(N(N)/C(=N\N)c3cc(-c4cnn(C5CCOCC5)c4)cnc3N)c(F)c2F)CC1. The van der Waals surface area contributed by atoms with E-state index in [0.717, 1.165) is 49.1 Å². The predicted octanol–water partition coefficient (Wildman–Crippen LogP) is 3.31. The standard InChI is InChI=1S/C28H37F2N9O2/c1-34-20-4-2-17(3-5-20)16-41-24-7-6-23(25(29)26(24)30)39(33)28(37-32)22-12-18(13-35-27(22)31)19-14-36-38(15-19)21-8-10-40-11-9-21/h6-7,12-15,17,20-21,34H,2-5,8-11,16,32-33H2,1H3,(H2,31,35)/b37-28-. The summed E-state index contributed by atoms with van der Waals surface area (Å²) in [5.74, 6) is 9.67. The van der Waals surface area contributed by atoms with Gasteiger partial charge in [-0.05, 0) is 69.7 Å². The molecule has 11 nitrogen and oxygen atoms in total. The second-order valence-electron chi connectivity index (χ2n) is 10.6. The molecule has 1 saturated heterocycles. The van der Waals surface area contributed by atoms with Gasteiger partial charge in [-0.2, -0.15) is 14.6 Å². The number of ether oxygens (including phenoxy) is 2. The fraction of sp³-hybridized carbons (Fsp3) is 0.464. The maximum atomic E-state index is 15.3. The molecule has 0 spiro atoms. The van der Waals surface area contributed by atoms with Crippen molar-refractivity contribution in [2.45, 2.75) is 50.6 Å². The highest BCUT2D eigenvalue weighted by molar-refractivity contribution is 6.12. The molecule has 3 aromatic rings. The van der Waals surface area contributed by atoms with Crippen LogP contribution >= 0.6 is 0 Å². The molecular formula is C28H37F2N9O2. The van der Waals surface area contributed by atoms with Crippen molar-refractivity contribution in [2.24, 2.45) is 22.7 Å². The fourth-order valence-electron chi connectivity index (χ4n) is 5.47. The summed E-state index contributed by atoms with van der Waals surface area (Å²) in [7, 11) is 1.95. The van der Waals surface area contributed by atoms with E-state index in [9.17, 15) is 0 Å². The van der Waals surface area contributed by atoms with Gasteiger partial charge in [0, 0.05) is 42.8 Å². The van der Waals surface area contributed by atoms with Crippen molar-refractivity contribution >= 4 is 17.3 Å². The van der Waals surface area contributed by atoms with E-state index >= 15 is 8.78 Å². The molecule has 1 aliphatic heterocycles. The van der Waals surface area contributed by atoms with Crippen LogP contribution in [0.15, 0.2) is 41.9 Å². The lowest BCUT2D eigenvalue weighted by Gasteiger charge is -2.28. The number of aromatic nitrogens is 3. The van der Waals surface area contributed by atoms with Gasteiger partial charge in [0.1, 0.15) is 5.82 Å². The Hall–Kier alpha value is -3.81. The second kappa shape index (κ2) is 12.8. The number of hydrazone groups is 1. The van der Waals surface area contributed by atoms with Gasteiger partial charge in [-0.3, -0.25) is 9.69 Å². The number of hydrogen-bond acceptors (Lipinski definition) is 9. The lowest BCUT2D eigenvalue weighted by molar-refractivity contribution is 0.0662. The predicted molar refractivity (Wildman–Crippen MR) is 153 cm³/mol. The smallest absolute Gasteiger partial charge is 0.202 e. The molecular weight excluding hydrogens is 532 g/mol. The highest BCUT2D eigenvalue weighted by Crippen LogP contribution is 2.32. The normalized spacial score (nSPS) is 20.2. The summed E-state index contributed by atoms with van der Waals surface area (Å²) in [4.78, 5) is 4.27. The number of hydrogen-bond donors (Lipinski definition) is 4. The number of nitrogens with two attached hydrogens (primary N) is 3. The molecule has 5 rings (SSSR count). The van der Waals surface area contributed by atoms with Gasteiger partial charge in [0.05, 0.1) is 30.1 Å². The van der Waals surface area contributed by atoms with Crippen molar-refractivity contribution in [3.05, 3.63) is 54.0 Å². The molecule has 2 aromatic heterocycles. The number of nitrogen functional groups attached to an aromatic ring is 1. The van der Waals surface area contributed by atoms with Gasteiger partial charge < -0.3 is 26.4 Å². The number of halogens is 2. The number of amidine groups is 1. The van der Waals surface area contributed by atoms with Crippen molar-refractivity contribution < 1.29 is 18.3 Å². The Kier molecular flexibility index (Phi) is 8.96. The van der Waals surface area contributed by atoms with Gasteiger partial charge in [-0.1, -0.05) is 0 Å². The number of pyridine rings is 1. The highest BCUT2D eigenvalue weighted by atomic mass is 19.2. The van der Waals surface area contributed by atoms with E-state index in [1.54, 1.807) is 18.5 Å². The summed E-state index contributed by atoms with van der Waals surface area (Å²) in [5.41, 5.74) is 7.59. The average Bonchev–Trinajstić information content (AvgIpc) is 3.50. The van der Waals surface area contributed by atoms with E-state index in [4.69, 9.17) is 26.9 Å². The van der Waals surface area contributed by atoms with E-state index < -0.39 is 11.6 Å². The lowest BCUT2D eigenvalue weighted by atomic mass is 9.87. The molecule has 41 heavy (non-hydrogen) atoms. The maximum Gasteiger partial charge on any atom is 0.202 e. The Morgan fingerprint density at radius 1 is 1.12 bits per heavy atom. The van der Waals surface area contributed by atoms with Crippen molar-refractivity contribution in [3.63, 3.8) is 0 Å². The van der Waals surface area contributed by atoms with E-state index in [1.165, 1.54) is 12.1 Å². The zero-order chi connectivity index (χ0) is 28.9. The molecule has 220 valence electrons. The van der Waals surface area contributed by atoms with E-state index in [1.807, 2.05) is 17.9 Å². The van der Waals surface area contributed by atoms with Crippen LogP contribution < -0.4 is 32.5 Å². The summed E-state index contributed by atoms with van der Waals surface area (Å²) >= 11 is 0. The van der Waals surface area contributed by atoms with E-state index in [-0.39, 0.29) is 40.6 Å². The molecule has 1 saturated carbocycles. The number of nitrogens with one attached hydrogen (secondary N) is 1. The summed E-state index contributed by atoms with van der Waals surface area (Å²) in [5, 5.41) is 12.4. The average molecular weight is 570 g/mol. The first-order valence-corrected chi connectivity index (χ1v) is 13.9. The van der Waals surface area contributed by atoms with Gasteiger partial charge in [-0.25, -0.2) is 15.2 Å². The first kappa shape index (κ1) is 28.7. The number of anilines is 2. The zero-order valence-corrected chi connectivity index (χ0v) is 23.1. The molecule has 0 radical (unpaired) electrons. The Labute approximate surface area is 237 Å². The minimum Gasteiger partial charge on any atom is -0.490 e. The van der Waals surface area contributed by atoms with Gasteiger partial charge >= 0.3 is 0 Å². The molecule has 2 fully saturated rings. The summed E-state index contributed by atoms with van der Waals surface area (Å²) in [6.45, 7) is 1.70. The van der Waals surface area contributed by atoms with Crippen LogP contribution in [0.5, 0.6) is 5.75 Å². The molecule has 0 bridgehead atoms. The third kappa shape index (κ3) is 6.26. The van der Waals surface area contributed by atoms with Gasteiger partial charge in [-0.15, -0.1) is 0 Å². The van der Waals surface area contributed by atoms with Crippen molar-refractivity contribution in [2.75, 3.05) is 37.6 Å². The minimum absolute atomic E-state index is 0.0686. The largest absolute Gasteiger partial charge is 0.490 e. The van der Waals surface area contributed by atoms with Crippen LogP contribution in [0.2, 0.25) is 0 Å². The second-order valence-corrected chi connectivity index (χ2v) is 10.6. The monoisotopic (exact) mass is 569 g/mol. The Morgan fingerprint density at radius 2 is 1.88 bits per heavy atom. The van der Waals surface area contributed by atoms with Gasteiger partial charge in [0.2, 0.25) is 5.82 Å². The van der Waals surface area contributed by atoms with Crippen molar-refractivity contribution in [1.82, 2.24) is 20.1 Å². The highest BCUT2D eigenvalue weighted by Gasteiger charge is 2.25. The first-order valence-electron chi connectivity index (χ1n) is 13.9. The molecule has 2 aliphatic rings. The molecule has 1 aliphatic carbocycles. The topological polar surface area (TPSA) is 155 Å². The van der Waals surface area contributed by atoms with Crippen LogP contribution in [-0.2, 0) is 4.74 Å². The third-order valence-corrected chi connectivity index (χ3v) is 8.03. The Morgan fingerprint density at radius 3 is 2.59 bits per heavy atom. The van der Waals surface area contributed by atoms with Gasteiger partial charge in [0.15, 0.2) is 17.4 Å². The minimum atomic E-state index is -1.19. The fourth-order valence-corrected chi connectivity index (χ4v) is 5.47. The Bertz CT molecular complexity index is 1370. The molecule has 0 amide bonds. The van der Waals surface area contributed by atoms with Crippen LogP contribution in [0.25, 0.3) is 11.1 Å². The maximum absolute atomic E-state index is 15.3. The quantitative estimate of drug-likeness (QED) is 0.138. The first-order chi connectivity index (χ1) is 19.9. The molecule has 7 N–H and O–H groups in total. The van der Waals surface area contributed by atoms with E-state index in [0.29, 0.717) is 31.4 Å². The summed E-state index contributed by atoms with van der Waals surface area (Å²) in [6.07, 6.45) is 11.0.